The van der Waals surface area contributed by atoms with Gasteiger partial charge in [0.15, 0.2) is 0 Å². The van der Waals surface area contributed by atoms with Gasteiger partial charge in [-0.1, -0.05) is 6.07 Å². The molecule has 4 rings (SSSR count). The maximum Gasteiger partial charge on any atom is 0.256 e. The lowest BCUT2D eigenvalue weighted by Gasteiger charge is -2.12. The van der Waals surface area contributed by atoms with Crippen LogP contribution in [0.5, 0.6) is 11.5 Å². The third-order valence-electron chi connectivity index (χ3n) is 4.73. The van der Waals surface area contributed by atoms with Gasteiger partial charge in [-0.2, -0.15) is 0 Å². The summed E-state index contributed by atoms with van der Waals surface area (Å²) in [6.45, 7) is 1.05. The molecule has 0 aliphatic rings. The third-order valence-corrected chi connectivity index (χ3v) is 4.73. The van der Waals surface area contributed by atoms with Crippen molar-refractivity contribution < 1.29 is 23.8 Å². The first-order valence-electron chi connectivity index (χ1n) is 9.23. The van der Waals surface area contributed by atoms with Crippen LogP contribution in [0.2, 0.25) is 0 Å². The smallest absolute Gasteiger partial charge is 0.256 e. The molecule has 0 radical (unpaired) electrons. The van der Waals surface area contributed by atoms with E-state index in [0.717, 1.165) is 10.9 Å². The summed E-state index contributed by atoms with van der Waals surface area (Å²) in [6.07, 6.45) is 1.71. The molecular formula is C22H19N3O5. The maximum absolute atomic E-state index is 12.7. The topological polar surface area (TPSA) is 128 Å². The number of aryl methyl sites for hydroxylation is 1. The van der Waals surface area contributed by atoms with Crippen molar-refractivity contribution in [2.24, 2.45) is 5.73 Å². The summed E-state index contributed by atoms with van der Waals surface area (Å²) in [7, 11) is 0. The lowest BCUT2D eigenvalue weighted by Crippen LogP contribution is -2.46. The van der Waals surface area contributed by atoms with Crippen LogP contribution in [0.1, 0.15) is 16.1 Å². The Balaban J connectivity index is 1.71. The van der Waals surface area contributed by atoms with Gasteiger partial charge in [0.25, 0.3) is 5.91 Å². The SMILES string of the molecule is Cc1oc2ccc(Oc3cccc4ncccc34)cc2c1C(=O)N[C@@H](CO)C(N)=O. The molecule has 0 saturated heterocycles. The fourth-order valence-electron chi connectivity index (χ4n) is 3.27. The fourth-order valence-corrected chi connectivity index (χ4v) is 3.27. The number of furan rings is 1. The average molecular weight is 405 g/mol. The second-order valence-corrected chi connectivity index (χ2v) is 6.73. The van der Waals surface area contributed by atoms with Crippen LogP contribution in [0.15, 0.2) is 59.1 Å². The van der Waals surface area contributed by atoms with Crippen molar-refractivity contribution in [2.45, 2.75) is 13.0 Å². The van der Waals surface area contributed by atoms with E-state index in [1.165, 1.54) is 0 Å². The van der Waals surface area contributed by atoms with Gasteiger partial charge in [-0.3, -0.25) is 14.6 Å². The third kappa shape index (κ3) is 3.56. The van der Waals surface area contributed by atoms with Gasteiger partial charge in [0.05, 0.1) is 17.7 Å². The number of carbonyl (C=O) groups is 2. The predicted octanol–water partition coefficient (Wildman–Crippen LogP) is 2.66. The number of ether oxygens (including phenoxy) is 1. The highest BCUT2D eigenvalue weighted by Crippen LogP contribution is 2.33. The number of hydrogen-bond acceptors (Lipinski definition) is 6. The lowest BCUT2D eigenvalue weighted by molar-refractivity contribution is -0.120. The number of aromatic nitrogens is 1. The molecule has 4 aromatic rings. The van der Waals surface area contributed by atoms with E-state index in [9.17, 15) is 14.7 Å². The highest BCUT2D eigenvalue weighted by molar-refractivity contribution is 6.08. The van der Waals surface area contributed by atoms with Gasteiger partial charge in [-0.05, 0) is 49.4 Å². The Morgan fingerprint density at radius 2 is 2.03 bits per heavy atom. The largest absolute Gasteiger partial charge is 0.461 e. The molecule has 2 aromatic carbocycles. The molecular weight excluding hydrogens is 386 g/mol. The Kier molecular flexibility index (Phi) is 5.07. The minimum atomic E-state index is -1.19. The first kappa shape index (κ1) is 19.4. The van der Waals surface area contributed by atoms with E-state index in [0.29, 0.717) is 28.2 Å². The first-order chi connectivity index (χ1) is 14.5. The predicted molar refractivity (Wildman–Crippen MR) is 110 cm³/mol. The second kappa shape index (κ2) is 7.84. The van der Waals surface area contributed by atoms with Gasteiger partial charge in [-0.15, -0.1) is 0 Å². The minimum absolute atomic E-state index is 0.245. The first-order valence-corrected chi connectivity index (χ1v) is 9.23. The zero-order valence-corrected chi connectivity index (χ0v) is 16.1. The number of rotatable bonds is 6. The van der Waals surface area contributed by atoms with E-state index in [2.05, 4.69) is 10.3 Å². The van der Waals surface area contributed by atoms with Crippen molar-refractivity contribution in [1.29, 1.82) is 0 Å². The van der Waals surface area contributed by atoms with E-state index in [-0.39, 0.29) is 5.56 Å². The summed E-state index contributed by atoms with van der Waals surface area (Å²) in [5, 5.41) is 13.0. The molecule has 0 unspecified atom stereocenters. The number of fused-ring (bicyclic) bond motifs is 2. The van der Waals surface area contributed by atoms with Crippen LogP contribution in [-0.4, -0.2) is 34.6 Å². The number of primary amides is 1. The van der Waals surface area contributed by atoms with Crippen LogP contribution in [0.3, 0.4) is 0 Å². The molecule has 4 N–H and O–H groups in total. The molecule has 8 nitrogen and oxygen atoms in total. The van der Waals surface area contributed by atoms with E-state index in [1.807, 2.05) is 30.3 Å². The van der Waals surface area contributed by atoms with Crippen LogP contribution in [0, 0.1) is 6.92 Å². The number of nitrogens with one attached hydrogen (secondary N) is 1. The molecule has 30 heavy (non-hydrogen) atoms. The Hall–Kier alpha value is -3.91. The number of hydrogen-bond donors (Lipinski definition) is 3. The van der Waals surface area contributed by atoms with Gasteiger partial charge >= 0.3 is 0 Å². The number of nitrogens with zero attached hydrogens (tertiary/aromatic N) is 1. The van der Waals surface area contributed by atoms with E-state index < -0.39 is 24.5 Å². The Bertz CT molecular complexity index is 1260. The van der Waals surface area contributed by atoms with E-state index in [4.69, 9.17) is 14.9 Å². The molecule has 1 atom stereocenters. The van der Waals surface area contributed by atoms with Crippen molar-refractivity contribution in [3.05, 3.63) is 66.1 Å². The maximum atomic E-state index is 12.7. The summed E-state index contributed by atoms with van der Waals surface area (Å²) in [4.78, 5) is 28.4. The molecule has 0 saturated carbocycles. The molecule has 0 bridgehead atoms. The van der Waals surface area contributed by atoms with Crippen molar-refractivity contribution in [1.82, 2.24) is 10.3 Å². The number of amides is 2. The summed E-state index contributed by atoms with van der Waals surface area (Å²) in [5.41, 5.74) is 6.73. The molecule has 152 valence electrons. The lowest BCUT2D eigenvalue weighted by atomic mass is 10.1. The molecule has 2 amide bonds. The zero-order chi connectivity index (χ0) is 21.3. The number of pyridine rings is 1. The van der Waals surface area contributed by atoms with Crippen LogP contribution in [0.4, 0.5) is 0 Å². The fraction of sp³-hybridized carbons (Fsp3) is 0.136. The Morgan fingerprint density at radius 3 is 2.80 bits per heavy atom. The average Bonchev–Trinajstić information content (AvgIpc) is 3.07. The number of carbonyl (C=O) groups excluding carboxylic acids is 2. The van der Waals surface area contributed by atoms with Crippen molar-refractivity contribution in [2.75, 3.05) is 6.61 Å². The molecule has 0 fully saturated rings. The van der Waals surface area contributed by atoms with E-state index in [1.54, 1.807) is 31.3 Å². The van der Waals surface area contributed by atoms with Crippen LogP contribution in [-0.2, 0) is 4.79 Å². The summed E-state index contributed by atoms with van der Waals surface area (Å²) >= 11 is 0. The van der Waals surface area contributed by atoms with Crippen LogP contribution < -0.4 is 15.8 Å². The molecule has 0 spiro atoms. The Morgan fingerprint density at radius 1 is 1.20 bits per heavy atom. The highest BCUT2D eigenvalue weighted by Gasteiger charge is 2.23. The van der Waals surface area contributed by atoms with Crippen molar-refractivity contribution in [3.63, 3.8) is 0 Å². The zero-order valence-electron chi connectivity index (χ0n) is 16.1. The minimum Gasteiger partial charge on any atom is -0.461 e. The number of aliphatic hydroxyl groups excluding tert-OH is 1. The molecule has 2 aromatic heterocycles. The summed E-state index contributed by atoms with van der Waals surface area (Å²) in [6, 6.07) is 13.3. The second-order valence-electron chi connectivity index (χ2n) is 6.73. The molecule has 8 heteroatoms. The van der Waals surface area contributed by atoms with Gasteiger partial charge < -0.3 is 25.3 Å². The standard InChI is InChI=1S/C22H19N3O5/c1-12-20(22(28)25-17(11-26)21(23)27)15-10-13(7-8-19(15)29-12)30-18-6-2-5-16-14(18)4-3-9-24-16/h2-10,17,26H,11H2,1H3,(H2,23,27)(H,25,28)/t17-/m0/s1. The summed E-state index contributed by atoms with van der Waals surface area (Å²) < 4.78 is 11.7. The van der Waals surface area contributed by atoms with Gasteiger partial charge in [0, 0.05) is 17.0 Å². The number of aliphatic hydroxyl groups is 1. The van der Waals surface area contributed by atoms with Crippen LogP contribution >= 0.6 is 0 Å². The van der Waals surface area contributed by atoms with Gasteiger partial charge in [-0.25, -0.2) is 0 Å². The summed E-state index contributed by atoms with van der Waals surface area (Å²) in [5.74, 6) is 0.0956. The van der Waals surface area contributed by atoms with Gasteiger partial charge in [0.1, 0.15) is 28.9 Å². The Labute approximate surface area is 171 Å². The molecule has 2 heterocycles. The van der Waals surface area contributed by atoms with Gasteiger partial charge in [0.2, 0.25) is 5.91 Å². The van der Waals surface area contributed by atoms with Crippen molar-refractivity contribution in [3.8, 4) is 11.5 Å². The van der Waals surface area contributed by atoms with Crippen LogP contribution in [0.25, 0.3) is 21.9 Å². The highest BCUT2D eigenvalue weighted by atomic mass is 16.5. The number of nitrogens with two attached hydrogens (primary N) is 1. The van der Waals surface area contributed by atoms with E-state index >= 15 is 0 Å². The van der Waals surface area contributed by atoms with Crippen molar-refractivity contribution >= 4 is 33.7 Å². The number of benzene rings is 2. The normalized spacial score (nSPS) is 12.1. The molecule has 0 aliphatic carbocycles. The quantitative estimate of drug-likeness (QED) is 0.452. The molecule has 0 aliphatic heterocycles. The monoisotopic (exact) mass is 405 g/mol.